The molecule has 0 bridgehead atoms. The summed E-state index contributed by atoms with van der Waals surface area (Å²) >= 11 is 0. The van der Waals surface area contributed by atoms with Crippen LogP contribution in [0.5, 0.6) is 0 Å². The van der Waals surface area contributed by atoms with Gasteiger partial charge in [0.2, 0.25) is 0 Å². The van der Waals surface area contributed by atoms with E-state index in [4.69, 9.17) is 0 Å². The molecule has 2 aliphatic carbocycles. The van der Waals surface area contributed by atoms with Crippen LogP contribution in [0.3, 0.4) is 0 Å². The minimum Gasteiger partial charge on any atom is -0.390 e. The molecule has 2 atom stereocenters. The first-order chi connectivity index (χ1) is 15.0. The highest BCUT2D eigenvalue weighted by atomic mass is 16.3. The monoisotopic (exact) mass is 421 g/mol. The van der Waals surface area contributed by atoms with E-state index in [0.717, 1.165) is 36.8 Å². The van der Waals surface area contributed by atoms with Crippen LogP contribution >= 0.6 is 0 Å². The van der Waals surface area contributed by atoms with Gasteiger partial charge in [0.1, 0.15) is 0 Å². The Morgan fingerprint density at radius 2 is 1.55 bits per heavy atom. The Bertz CT molecular complexity index is 967. The number of nitrogens with one attached hydrogen (secondary N) is 3. The van der Waals surface area contributed by atoms with Crippen LogP contribution in [0.1, 0.15) is 59.6 Å². The maximum Gasteiger partial charge on any atom is 0.313 e. The van der Waals surface area contributed by atoms with Gasteiger partial charge >= 0.3 is 11.8 Å². The molecule has 3 amide bonds. The van der Waals surface area contributed by atoms with E-state index in [1.165, 1.54) is 6.42 Å². The molecule has 4 rings (SSSR count). The molecule has 0 unspecified atom stereocenters. The highest BCUT2D eigenvalue weighted by molar-refractivity contribution is 6.39. The third kappa shape index (κ3) is 4.94. The molecule has 4 N–H and O–H groups in total. The largest absolute Gasteiger partial charge is 0.390 e. The van der Waals surface area contributed by atoms with Gasteiger partial charge in [-0.15, -0.1) is 0 Å². The van der Waals surface area contributed by atoms with Crippen LogP contribution in [-0.4, -0.2) is 35.0 Å². The van der Waals surface area contributed by atoms with Crippen molar-refractivity contribution in [1.82, 2.24) is 10.6 Å². The summed E-state index contributed by atoms with van der Waals surface area (Å²) in [5, 5.41) is 18.5. The van der Waals surface area contributed by atoms with Crippen molar-refractivity contribution in [1.29, 1.82) is 0 Å². The number of hydrogen-bond donors (Lipinski definition) is 4. The Kier molecular flexibility index (Phi) is 6.32. The number of anilines is 1. The standard InChI is InChI=1S/C24H27N3O4/c28-20-14-16-6-4-5-9-19(16)21(20)27-24(31)23(30)26-18-12-10-15(11-13-18)22(29)25-17-7-2-1-3-8-17/h4-6,9-13,17,20-21,28H,1-3,7-8,14H2,(H,25,29)(H,26,30)(H,27,31)/t20-,21+/m1/s1. The minimum absolute atomic E-state index is 0.128. The molecular formula is C24H27N3O4. The first kappa shape index (κ1) is 21.1. The molecule has 0 aromatic heterocycles. The molecular weight excluding hydrogens is 394 g/mol. The molecule has 2 aliphatic rings. The van der Waals surface area contributed by atoms with Gasteiger partial charge in [-0.25, -0.2) is 0 Å². The van der Waals surface area contributed by atoms with Crippen molar-refractivity contribution in [3.8, 4) is 0 Å². The second kappa shape index (κ2) is 9.31. The van der Waals surface area contributed by atoms with Crippen molar-refractivity contribution in [2.75, 3.05) is 5.32 Å². The summed E-state index contributed by atoms with van der Waals surface area (Å²) in [5.41, 5.74) is 2.72. The number of aliphatic hydroxyl groups is 1. The summed E-state index contributed by atoms with van der Waals surface area (Å²) in [6.07, 6.45) is 5.19. The first-order valence-corrected chi connectivity index (χ1v) is 10.8. The first-order valence-electron chi connectivity index (χ1n) is 10.8. The van der Waals surface area contributed by atoms with Gasteiger partial charge in [-0.05, 0) is 48.2 Å². The zero-order valence-corrected chi connectivity index (χ0v) is 17.3. The number of carbonyl (C=O) groups is 3. The fourth-order valence-electron chi connectivity index (χ4n) is 4.36. The van der Waals surface area contributed by atoms with E-state index in [9.17, 15) is 19.5 Å². The summed E-state index contributed by atoms with van der Waals surface area (Å²) < 4.78 is 0. The van der Waals surface area contributed by atoms with Gasteiger partial charge in [0, 0.05) is 23.7 Å². The van der Waals surface area contributed by atoms with Gasteiger partial charge in [-0.1, -0.05) is 43.5 Å². The van der Waals surface area contributed by atoms with Gasteiger partial charge in [0.15, 0.2) is 0 Å². The fourth-order valence-corrected chi connectivity index (χ4v) is 4.36. The van der Waals surface area contributed by atoms with Gasteiger partial charge in [0.05, 0.1) is 12.1 Å². The third-order valence-corrected chi connectivity index (χ3v) is 6.04. The lowest BCUT2D eigenvalue weighted by atomic mass is 9.95. The molecule has 0 spiro atoms. The topological polar surface area (TPSA) is 108 Å². The van der Waals surface area contributed by atoms with Crippen molar-refractivity contribution in [2.24, 2.45) is 0 Å². The maximum atomic E-state index is 12.4. The number of fused-ring (bicyclic) bond motifs is 1. The average molecular weight is 421 g/mol. The quantitative estimate of drug-likeness (QED) is 0.569. The zero-order chi connectivity index (χ0) is 21.8. The maximum absolute atomic E-state index is 12.4. The van der Waals surface area contributed by atoms with E-state index < -0.39 is 24.0 Å². The van der Waals surface area contributed by atoms with Crippen molar-refractivity contribution < 1.29 is 19.5 Å². The van der Waals surface area contributed by atoms with Crippen LogP contribution in [-0.2, 0) is 16.0 Å². The van der Waals surface area contributed by atoms with Crippen LogP contribution in [0.4, 0.5) is 5.69 Å². The summed E-state index contributed by atoms with van der Waals surface area (Å²) in [4.78, 5) is 37.1. The molecule has 0 aliphatic heterocycles. The lowest BCUT2D eigenvalue weighted by Crippen LogP contribution is -2.40. The molecule has 1 saturated carbocycles. The molecule has 1 fully saturated rings. The van der Waals surface area contributed by atoms with Gasteiger partial charge in [-0.3, -0.25) is 14.4 Å². The summed E-state index contributed by atoms with van der Waals surface area (Å²) in [5.74, 6) is -1.77. The predicted molar refractivity (Wildman–Crippen MR) is 116 cm³/mol. The second-order valence-corrected chi connectivity index (χ2v) is 8.26. The molecule has 162 valence electrons. The molecule has 0 radical (unpaired) electrons. The summed E-state index contributed by atoms with van der Waals surface area (Å²) in [6, 6.07) is 13.5. The van der Waals surface area contributed by atoms with Gasteiger partial charge in [0.25, 0.3) is 5.91 Å². The Balaban J connectivity index is 1.32. The Morgan fingerprint density at radius 1 is 0.839 bits per heavy atom. The fraction of sp³-hybridized carbons (Fsp3) is 0.375. The average Bonchev–Trinajstić information content (AvgIpc) is 3.10. The Hall–Kier alpha value is -3.19. The van der Waals surface area contributed by atoms with E-state index in [1.54, 1.807) is 24.3 Å². The Morgan fingerprint density at radius 3 is 2.29 bits per heavy atom. The molecule has 2 aromatic carbocycles. The highest BCUT2D eigenvalue weighted by Gasteiger charge is 2.33. The number of carbonyl (C=O) groups excluding carboxylic acids is 3. The van der Waals surface area contributed by atoms with E-state index in [1.807, 2.05) is 24.3 Å². The van der Waals surface area contributed by atoms with E-state index >= 15 is 0 Å². The molecule has 7 heteroatoms. The molecule has 31 heavy (non-hydrogen) atoms. The summed E-state index contributed by atoms with van der Waals surface area (Å²) in [7, 11) is 0. The SMILES string of the molecule is O=C(Nc1ccc(C(=O)NC2CCCCC2)cc1)C(=O)N[C@H]1c2ccccc2C[C@H]1O. The lowest BCUT2D eigenvalue weighted by molar-refractivity contribution is -0.137. The smallest absolute Gasteiger partial charge is 0.313 e. The lowest BCUT2D eigenvalue weighted by Gasteiger charge is -2.22. The van der Waals surface area contributed by atoms with Crippen LogP contribution < -0.4 is 16.0 Å². The molecule has 0 saturated heterocycles. The Labute approximate surface area is 181 Å². The van der Waals surface area contributed by atoms with E-state index in [2.05, 4.69) is 16.0 Å². The molecule has 2 aromatic rings. The van der Waals surface area contributed by atoms with Crippen LogP contribution in [0.2, 0.25) is 0 Å². The van der Waals surface area contributed by atoms with Crippen molar-refractivity contribution in [2.45, 2.75) is 56.7 Å². The van der Waals surface area contributed by atoms with Crippen molar-refractivity contribution in [3.63, 3.8) is 0 Å². The summed E-state index contributed by atoms with van der Waals surface area (Å²) in [6.45, 7) is 0. The second-order valence-electron chi connectivity index (χ2n) is 8.26. The number of aliphatic hydroxyl groups excluding tert-OH is 1. The van der Waals surface area contributed by atoms with Gasteiger partial charge < -0.3 is 21.1 Å². The number of benzene rings is 2. The molecule has 7 nitrogen and oxygen atoms in total. The highest BCUT2D eigenvalue weighted by Crippen LogP contribution is 2.31. The number of rotatable bonds is 4. The minimum atomic E-state index is -0.823. The normalized spacial score (nSPS) is 20.5. The predicted octanol–water partition coefficient (Wildman–Crippen LogP) is 2.46. The molecule has 0 heterocycles. The number of hydrogen-bond acceptors (Lipinski definition) is 4. The van der Waals surface area contributed by atoms with Crippen LogP contribution in [0, 0.1) is 0 Å². The zero-order valence-electron chi connectivity index (χ0n) is 17.3. The van der Waals surface area contributed by atoms with Gasteiger partial charge in [-0.2, -0.15) is 0 Å². The van der Waals surface area contributed by atoms with Crippen molar-refractivity contribution in [3.05, 3.63) is 65.2 Å². The van der Waals surface area contributed by atoms with Crippen LogP contribution in [0.15, 0.2) is 48.5 Å². The number of amides is 3. The van der Waals surface area contributed by atoms with Crippen LogP contribution in [0.25, 0.3) is 0 Å². The van der Waals surface area contributed by atoms with Crippen molar-refractivity contribution >= 4 is 23.4 Å². The van der Waals surface area contributed by atoms with E-state index in [0.29, 0.717) is 17.7 Å². The third-order valence-electron chi connectivity index (χ3n) is 6.04. The van der Waals surface area contributed by atoms with E-state index in [-0.39, 0.29) is 11.9 Å².